The zero-order valence-electron chi connectivity index (χ0n) is 17.1. The number of nitrogens with zero attached hydrogens (tertiary/aromatic N) is 4. The highest BCUT2D eigenvalue weighted by atomic mass is 35.5. The van der Waals surface area contributed by atoms with E-state index >= 15 is 0 Å². The standard InChI is InChI=1S/C22H23ClN6O2/c1-31-18-8-4-16(5-9-18)26-21(30)19-14-25-22(27-20(19)24)29-12-10-28(11-13-29)17-6-2-15(23)3-7-17/h2-9,14H,10-13H2,1H3,(H,26,30)(H2,24,25,27). The molecule has 0 unspecified atom stereocenters. The van der Waals surface area contributed by atoms with Gasteiger partial charge in [0.25, 0.3) is 5.91 Å². The molecule has 2 heterocycles. The monoisotopic (exact) mass is 438 g/mol. The molecule has 0 spiro atoms. The molecule has 1 aromatic heterocycles. The van der Waals surface area contributed by atoms with Gasteiger partial charge >= 0.3 is 0 Å². The number of piperazine rings is 1. The van der Waals surface area contributed by atoms with E-state index < -0.39 is 0 Å². The maximum absolute atomic E-state index is 12.6. The van der Waals surface area contributed by atoms with Crippen LogP contribution in [-0.2, 0) is 0 Å². The van der Waals surface area contributed by atoms with Crippen LogP contribution in [0.5, 0.6) is 5.75 Å². The van der Waals surface area contributed by atoms with Gasteiger partial charge in [0.15, 0.2) is 0 Å². The van der Waals surface area contributed by atoms with Crippen LogP contribution < -0.4 is 25.6 Å². The fourth-order valence-corrected chi connectivity index (χ4v) is 3.53. The summed E-state index contributed by atoms with van der Waals surface area (Å²) >= 11 is 5.97. The lowest BCUT2D eigenvalue weighted by atomic mass is 10.2. The average Bonchev–Trinajstić information content (AvgIpc) is 2.80. The third kappa shape index (κ3) is 4.80. The second kappa shape index (κ2) is 9.09. The highest BCUT2D eigenvalue weighted by Crippen LogP contribution is 2.22. The molecular weight excluding hydrogens is 416 g/mol. The topological polar surface area (TPSA) is 96.6 Å². The van der Waals surface area contributed by atoms with Gasteiger partial charge in [0.05, 0.1) is 7.11 Å². The number of carbonyl (C=O) groups is 1. The van der Waals surface area contributed by atoms with Crippen molar-refractivity contribution in [1.29, 1.82) is 0 Å². The minimum atomic E-state index is -0.359. The van der Waals surface area contributed by atoms with E-state index in [-0.39, 0.29) is 17.3 Å². The van der Waals surface area contributed by atoms with E-state index in [0.717, 1.165) is 36.9 Å². The van der Waals surface area contributed by atoms with Gasteiger partial charge in [-0.1, -0.05) is 11.6 Å². The number of anilines is 4. The number of ether oxygens (including phenoxy) is 1. The molecule has 1 aliphatic rings. The first-order valence-electron chi connectivity index (χ1n) is 9.87. The number of rotatable bonds is 5. The molecule has 3 N–H and O–H groups in total. The molecule has 4 rings (SSSR count). The summed E-state index contributed by atoms with van der Waals surface area (Å²) in [4.78, 5) is 25.7. The second-order valence-corrected chi connectivity index (χ2v) is 7.54. The van der Waals surface area contributed by atoms with Crippen LogP contribution >= 0.6 is 11.6 Å². The lowest BCUT2D eigenvalue weighted by Crippen LogP contribution is -2.47. The van der Waals surface area contributed by atoms with Crippen LogP contribution in [0.15, 0.2) is 54.7 Å². The Morgan fingerprint density at radius 3 is 2.29 bits per heavy atom. The van der Waals surface area contributed by atoms with Gasteiger partial charge < -0.3 is 25.6 Å². The number of carbonyl (C=O) groups excluding carboxylic acids is 1. The van der Waals surface area contributed by atoms with Crippen LogP contribution in [0.3, 0.4) is 0 Å². The zero-order chi connectivity index (χ0) is 21.8. The van der Waals surface area contributed by atoms with Gasteiger partial charge in [-0.25, -0.2) is 4.98 Å². The summed E-state index contributed by atoms with van der Waals surface area (Å²) in [6.07, 6.45) is 1.47. The quantitative estimate of drug-likeness (QED) is 0.630. The molecule has 0 bridgehead atoms. The SMILES string of the molecule is COc1ccc(NC(=O)c2cnc(N3CCN(c4ccc(Cl)cc4)CC3)nc2N)cc1. The Bertz CT molecular complexity index is 1050. The first kappa shape index (κ1) is 20.7. The van der Waals surface area contributed by atoms with Gasteiger partial charge in [-0.15, -0.1) is 0 Å². The Hall–Kier alpha value is -3.52. The van der Waals surface area contributed by atoms with Gasteiger partial charge in [-0.2, -0.15) is 4.98 Å². The Kier molecular flexibility index (Phi) is 6.08. The Morgan fingerprint density at radius 2 is 1.68 bits per heavy atom. The molecule has 160 valence electrons. The minimum absolute atomic E-state index is 0.149. The lowest BCUT2D eigenvalue weighted by Gasteiger charge is -2.36. The van der Waals surface area contributed by atoms with Crippen LogP contribution in [0.2, 0.25) is 5.02 Å². The van der Waals surface area contributed by atoms with Crippen LogP contribution in [-0.4, -0.2) is 49.2 Å². The Balaban J connectivity index is 1.39. The van der Waals surface area contributed by atoms with Crippen LogP contribution in [0.25, 0.3) is 0 Å². The molecule has 1 amide bonds. The fourth-order valence-electron chi connectivity index (χ4n) is 3.40. The summed E-state index contributed by atoms with van der Waals surface area (Å²) in [6, 6.07) is 14.9. The molecule has 0 atom stereocenters. The molecule has 8 nitrogen and oxygen atoms in total. The summed E-state index contributed by atoms with van der Waals surface area (Å²) in [5, 5.41) is 3.52. The highest BCUT2D eigenvalue weighted by molar-refractivity contribution is 6.30. The molecule has 0 saturated carbocycles. The third-order valence-electron chi connectivity index (χ3n) is 5.15. The average molecular weight is 439 g/mol. The number of nitrogens with one attached hydrogen (secondary N) is 1. The van der Waals surface area contributed by atoms with Crippen molar-refractivity contribution in [2.24, 2.45) is 0 Å². The van der Waals surface area contributed by atoms with E-state index in [2.05, 4.69) is 25.1 Å². The molecule has 1 fully saturated rings. The summed E-state index contributed by atoms with van der Waals surface area (Å²) in [7, 11) is 1.59. The minimum Gasteiger partial charge on any atom is -0.497 e. The Labute approximate surface area is 185 Å². The van der Waals surface area contributed by atoms with Gasteiger partial charge in [0.1, 0.15) is 17.1 Å². The van der Waals surface area contributed by atoms with Gasteiger partial charge in [-0.05, 0) is 48.5 Å². The van der Waals surface area contributed by atoms with E-state index in [4.69, 9.17) is 22.1 Å². The molecule has 1 aliphatic heterocycles. The number of amides is 1. The van der Waals surface area contributed by atoms with Crippen molar-refractivity contribution >= 4 is 40.6 Å². The molecule has 0 aliphatic carbocycles. The van der Waals surface area contributed by atoms with Gasteiger partial charge in [0, 0.05) is 48.8 Å². The number of hydrogen-bond donors (Lipinski definition) is 2. The van der Waals surface area contributed by atoms with Crippen molar-refractivity contribution in [2.45, 2.75) is 0 Å². The van der Waals surface area contributed by atoms with Crippen molar-refractivity contribution < 1.29 is 9.53 Å². The van der Waals surface area contributed by atoms with Gasteiger partial charge in [0.2, 0.25) is 5.95 Å². The number of nitrogens with two attached hydrogens (primary N) is 1. The molecule has 2 aromatic carbocycles. The number of hydrogen-bond acceptors (Lipinski definition) is 7. The van der Waals surface area contributed by atoms with E-state index in [9.17, 15) is 4.79 Å². The molecular formula is C22H23ClN6O2. The van der Waals surface area contributed by atoms with Crippen LogP contribution in [0.1, 0.15) is 10.4 Å². The number of halogens is 1. The second-order valence-electron chi connectivity index (χ2n) is 7.10. The number of aromatic nitrogens is 2. The summed E-state index contributed by atoms with van der Waals surface area (Å²) in [5.74, 6) is 1.02. The number of nitrogen functional groups attached to an aromatic ring is 1. The number of methoxy groups -OCH3 is 1. The Morgan fingerprint density at radius 1 is 1.03 bits per heavy atom. The number of benzene rings is 2. The lowest BCUT2D eigenvalue weighted by molar-refractivity contribution is 0.102. The van der Waals surface area contributed by atoms with Crippen molar-refractivity contribution in [3.8, 4) is 5.75 Å². The maximum atomic E-state index is 12.6. The normalized spacial score (nSPS) is 13.7. The predicted molar refractivity (Wildman–Crippen MR) is 123 cm³/mol. The zero-order valence-corrected chi connectivity index (χ0v) is 17.8. The van der Waals surface area contributed by atoms with E-state index in [1.165, 1.54) is 6.20 Å². The predicted octanol–water partition coefficient (Wildman–Crippen LogP) is 3.30. The van der Waals surface area contributed by atoms with E-state index in [1.54, 1.807) is 31.4 Å². The molecule has 31 heavy (non-hydrogen) atoms. The molecule has 3 aromatic rings. The summed E-state index contributed by atoms with van der Waals surface area (Å²) < 4.78 is 5.12. The first-order valence-corrected chi connectivity index (χ1v) is 10.2. The molecule has 0 radical (unpaired) electrons. The largest absolute Gasteiger partial charge is 0.497 e. The molecule has 9 heteroatoms. The van der Waals surface area contributed by atoms with Crippen LogP contribution in [0.4, 0.5) is 23.1 Å². The fraction of sp³-hybridized carbons (Fsp3) is 0.227. The van der Waals surface area contributed by atoms with Crippen molar-refractivity contribution in [1.82, 2.24) is 9.97 Å². The summed E-state index contributed by atoms with van der Waals surface area (Å²) in [6.45, 7) is 3.15. The van der Waals surface area contributed by atoms with E-state index in [1.807, 2.05) is 24.3 Å². The summed E-state index contributed by atoms with van der Waals surface area (Å²) in [5.41, 5.74) is 8.08. The van der Waals surface area contributed by atoms with Crippen molar-refractivity contribution in [3.63, 3.8) is 0 Å². The maximum Gasteiger partial charge on any atom is 0.260 e. The third-order valence-corrected chi connectivity index (χ3v) is 5.40. The first-order chi connectivity index (χ1) is 15.0. The smallest absolute Gasteiger partial charge is 0.260 e. The van der Waals surface area contributed by atoms with Crippen LogP contribution in [0, 0.1) is 0 Å². The van der Waals surface area contributed by atoms with Gasteiger partial charge in [-0.3, -0.25) is 4.79 Å². The molecule has 1 saturated heterocycles. The van der Waals surface area contributed by atoms with Crippen molar-refractivity contribution in [2.75, 3.05) is 54.1 Å². The van der Waals surface area contributed by atoms with E-state index in [0.29, 0.717) is 17.4 Å². The van der Waals surface area contributed by atoms with Crippen molar-refractivity contribution in [3.05, 3.63) is 65.3 Å². The highest BCUT2D eigenvalue weighted by Gasteiger charge is 2.21.